The van der Waals surface area contributed by atoms with Crippen LogP contribution in [0.4, 0.5) is 0 Å². The molecule has 0 amide bonds. The Morgan fingerprint density at radius 2 is 1.58 bits per heavy atom. The van der Waals surface area contributed by atoms with E-state index in [-0.39, 0.29) is 24.3 Å². The molecule has 1 N–H and O–H groups in total. The van der Waals surface area contributed by atoms with Gasteiger partial charge >= 0.3 is 11.9 Å². The number of unbranched alkanes of at least 4 members (excludes halogenated alkanes) is 1. The topological polar surface area (TPSA) is 98.5 Å². The van der Waals surface area contributed by atoms with Gasteiger partial charge in [-0.2, -0.15) is 0 Å². The number of carboxylic acids is 1. The molecule has 0 saturated carbocycles. The van der Waals surface area contributed by atoms with Crippen molar-refractivity contribution in [2.24, 2.45) is 0 Å². The lowest BCUT2D eigenvalue weighted by Gasteiger charge is -2.17. The minimum Gasteiger partial charge on any atom is -0.478 e. The second-order valence-electron chi connectivity index (χ2n) is 8.88. The van der Waals surface area contributed by atoms with E-state index in [2.05, 4.69) is 6.92 Å². The highest BCUT2D eigenvalue weighted by Crippen LogP contribution is 2.25. The molecule has 1 aromatic heterocycles. The van der Waals surface area contributed by atoms with Gasteiger partial charge in [0.1, 0.15) is 5.82 Å². The Labute approximate surface area is 221 Å². The molecule has 0 spiro atoms. The zero-order valence-electron chi connectivity index (χ0n) is 21.5. The maximum Gasteiger partial charge on any atom is 0.346 e. The second-order valence-corrected chi connectivity index (χ2v) is 8.88. The number of hydrogen-bond donors (Lipinski definition) is 1. The predicted molar refractivity (Wildman–Crippen MR) is 146 cm³/mol. The number of esters is 1. The molecule has 0 aliphatic carbocycles. The fourth-order valence-electron chi connectivity index (χ4n) is 4.37. The monoisotopic (exact) mass is 510 g/mol. The van der Waals surface area contributed by atoms with Crippen LogP contribution in [0.15, 0.2) is 83.7 Å². The maximum absolute atomic E-state index is 13.8. The molecule has 0 unspecified atom stereocenters. The Balaban J connectivity index is 1.79. The molecule has 0 atom stereocenters. The van der Waals surface area contributed by atoms with Crippen molar-refractivity contribution in [3.8, 4) is 22.4 Å². The molecule has 194 valence electrons. The van der Waals surface area contributed by atoms with Crippen molar-refractivity contribution in [3.05, 3.63) is 112 Å². The number of nitrogens with zero attached hydrogens (tertiary/aromatic N) is 2. The van der Waals surface area contributed by atoms with Gasteiger partial charge in [0.25, 0.3) is 5.56 Å². The SMILES string of the molecule is CCCCc1nc(-c2ccccc2)c(C(=O)OCC)c(=O)n1Cc1ccc(-c2ccccc2C(=O)O)cc1. The second kappa shape index (κ2) is 12.1. The van der Waals surface area contributed by atoms with Crippen molar-refractivity contribution < 1.29 is 19.4 Å². The van der Waals surface area contributed by atoms with Crippen molar-refractivity contribution in [3.63, 3.8) is 0 Å². The van der Waals surface area contributed by atoms with E-state index < -0.39 is 17.5 Å². The summed E-state index contributed by atoms with van der Waals surface area (Å²) in [4.78, 5) is 43.3. The average Bonchev–Trinajstić information content (AvgIpc) is 2.94. The molecule has 38 heavy (non-hydrogen) atoms. The highest BCUT2D eigenvalue weighted by Gasteiger charge is 2.24. The highest BCUT2D eigenvalue weighted by molar-refractivity contribution is 5.96. The molecule has 0 fully saturated rings. The predicted octanol–water partition coefficient (Wildman–Crippen LogP) is 5.84. The van der Waals surface area contributed by atoms with Crippen LogP contribution in [0.1, 0.15) is 58.8 Å². The summed E-state index contributed by atoms with van der Waals surface area (Å²) in [5.41, 5.74) is 2.91. The number of aromatic carboxylic acids is 1. The van der Waals surface area contributed by atoms with Crippen LogP contribution >= 0.6 is 0 Å². The van der Waals surface area contributed by atoms with E-state index in [1.165, 1.54) is 0 Å². The molecule has 0 aliphatic heterocycles. The quantitative estimate of drug-likeness (QED) is 0.269. The van der Waals surface area contributed by atoms with Crippen molar-refractivity contribution in [1.82, 2.24) is 9.55 Å². The molecule has 3 aromatic carbocycles. The minimum atomic E-state index is -0.993. The van der Waals surface area contributed by atoms with E-state index in [1.807, 2.05) is 54.6 Å². The maximum atomic E-state index is 13.8. The molecule has 0 aliphatic rings. The molecule has 7 heteroatoms. The van der Waals surface area contributed by atoms with Crippen molar-refractivity contribution in [2.75, 3.05) is 6.61 Å². The fraction of sp³-hybridized carbons (Fsp3) is 0.226. The largest absolute Gasteiger partial charge is 0.478 e. The van der Waals surface area contributed by atoms with Gasteiger partial charge in [-0.1, -0.05) is 86.1 Å². The third-order valence-corrected chi connectivity index (χ3v) is 6.29. The Morgan fingerprint density at radius 3 is 2.24 bits per heavy atom. The molecule has 0 saturated heterocycles. The normalized spacial score (nSPS) is 10.8. The van der Waals surface area contributed by atoms with Crippen LogP contribution in [0.3, 0.4) is 0 Å². The Morgan fingerprint density at radius 1 is 0.895 bits per heavy atom. The van der Waals surface area contributed by atoms with Gasteiger partial charge in [0.05, 0.1) is 24.4 Å². The van der Waals surface area contributed by atoms with Gasteiger partial charge in [-0.15, -0.1) is 0 Å². The molecule has 1 heterocycles. The number of ether oxygens (including phenoxy) is 1. The number of benzene rings is 3. The molecular weight excluding hydrogens is 480 g/mol. The zero-order valence-corrected chi connectivity index (χ0v) is 21.5. The van der Waals surface area contributed by atoms with Crippen LogP contribution in [-0.2, 0) is 17.7 Å². The third-order valence-electron chi connectivity index (χ3n) is 6.29. The summed E-state index contributed by atoms with van der Waals surface area (Å²) in [7, 11) is 0. The Hall–Kier alpha value is -4.52. The minimum absolute atomic E-state index is 0.0784. The average molecular weight is 511 g/mol. The summed E-state index contributed by atoms with van der Waals surface area (Å²) in [6.45, 7) is 4.13. The summed E-state index contributed by atoms with van der Waals surface area (Å²) in [5, 5.41) is 9.54. The van der Waals surface area contributed by atoms with E-state index in [9.17, 15) is 19.5 Å². The van der Waals surface area contributed by atoms with Crippen LogP contribution in [-0.4, -0.2) is 33.2 Å². The molecule has 0 radical (unpaired) electrons. The van der Waals surface area contributed by atoms with Crippen molar-refractivity contribution in [2.45, 2.75) is 39.7 Å². The highest BCUT2D eigenvalue weighted by atomic mass is 16.5. The van der Waals surface area contributed by atoms with Gasteiger partial charge in [-0.3, -0.25) is 9.36 Å². The third kappa shape index (κ3) is 5.72. The molecule has 4 rings (SSSR count). The number of carboxylic acid groups (broad SMARTS) is 1. The Kier molecular flexibility index (Phi) is 8.48. The Bertz CT molecular complexity index is 1490. The van der Waals surface area contributed by atoms with Crippen molar-refractivity contribution >= 4 is 11.9 Å². The van der Waals surface area contributed by atoms with Gasteiger partial charge in [0.15, 0.2) is 5.56 Å². The first-order chi connectivity index (χ1) is 18.4. The number of carbonyl (C=O) groups excluding carboxylic acids is 1. The van der Waals surface area contributed by atoms with E-state index >= 15 is 0 Å². The fourth-order valence-corrected chi connectivity index (χ4v) is 4.37. The summed E-state index contributed by atoms with van der Waals surface area (Å²) >= 11 is 0. The molecular formula is C31H30N2O5. The lowest BCUT2D eigenvalue weighted by molar-refractivity contribution is 0.0523. The van der Waals surface area contributed by atoms with Crippen molar-refractivity contribution in [1.29, 1.82) is 0 Å². The van der Waals surface area contributed by atoms with Gasteiger partial charge in [-0.05, 0) is 36.1 Å². The summed E-state index contributed by atoms with van der Waals surface area (Å²) in [6, 6.07) is 23.4. The zero-order chi connectivity index (χ0) is 27.1. The van der Waals surface area contributed by atoms with Crippen LogP contribution in [0.5, 0.6) is 0 Å². The standard InChI is InChI=1S/C31H30N2O5/c1-3-5-15-26-32-28(23-11-7-6-8-12-23)27(31(37)38-4-2)29(34)33(26)20-21-16-18-22(19-17-21)24-13-9-10-14-25(24)30(35)36/h6-14,16-19H,3-5,15,20H2,1-2H3,(H,35,36). The first-order valence-electron chi connectivity index (χ1n) is 12.7. The summed E-state index contributed by atoms with van der Waals surface area (Å²) < 4.78 is 6.80. The summed E-state index contributed by atoms with van der Waals surface area (Å²) in [5.74, 6) is -1.09. The number of rotatable bonds is 10. The molecule has 0 bridgehead atoms. The number of carbonyl (C=O) groups is 2. The first-order valence-corrected chi connectivity index (χ1v) is 12.7. The number of hydrogen-bond acceptors (Lipinski definition) is 5. The first kappa shape index (κ1) is 26.5. The molecule has 7 nitrogen and oxygen atoms in total. The van der Waals surface area contributed by atoms with Gasteiger partial charge in [-0.25, -0.2) is 14.6 Å². The van der Waals surface area contributed by atoms with Crippen LogP contribution in [0.25, 0.3) is 22.4 Å². The van der Waals surface area contributed by atoms with Crippen LogP contribution in [0.2, 0.25) is 0 Å². The smallest absolute Gasteiger partial charge is 0.346 e. The number of aryl methyl sites for hydroxylation is 1. The molecule has 4 aromatic rings. The van der Waals surface area contributed by atoms with Gasteiger partial charge in [0, 0.05) is 12.0 Å². The van der Waals surface area contributed by atoms with Gasteiger partial charge < -0.3 is 9.84 Å². The van der Waals surface area contributed by atoms with E-state index in [1.54, 1.807) is 35.8 Å². The van der Waals surface area contributed by atoms with E-state index in [0.717, 1.165) is 24.0 Å². The lowest BCUT2D eigenvalue weighted by atomic mass is 9.98. The van der Waals surface area contributed by atoms with Gasteiger partial charge in [0.2, 0.25) is 0 Å². The number of aromatic nitrogens is 2. The van der Waals surface area contributed by atoms with Crippen LogP contribution < -0.4 is 5.56 Å². The summed E-state index contributed by atoms with van der Waals surface area (Å²) in [6.07, 6.45) is 2.34. The lowest BCUT2D eigenvalue weighted by Crippen LogP contribution is -2.32. The van der Waals surface area contributed by atoms with E-state index in [0.29, 0.717) is 29.1 Å². The van der Waals surface area contributed by atoms with Crippen LogP contribution in [0, 0.1) is 0 Å². The van der Waals surface area contributed by atoms with E-state index in [4.69, 9.17) is 9.72 Å².